The molecule has 0 aliphatic carbocycles. The van der Waals surface area contributed by atoms with Gasteiger partial charge in [-0.1, -0.05) is 48.5 Å². The molecule has 4 atom stereocenters. The minimum atomic E-state index is -0.891. The number of amides is 8. The number of hydrogen-bond acceptors (Lipinski definition) is 10. The van der Waals surface area contributed by atoms with Crippen LogP contribution in [-0.2, 0) is 64.3 Å². The fourth-order valence-electron chi connectivity index (χ4n) is 7.70. The summed E-state index contributed by atoms with van der Waals surface area (Å²) in [7, 11) is 0. The first-order valence-corrected chi connectivity index (χ1v) is 19.6. The number of nitrogens with zero attached hydrogens (tertiary/aromatic N) is 4. The van der Waals surface area contributed by atoms with Gasteiger partial charge in [-0.15, -0.1) is 24.8 Å². The fraction of sp³-hybridized carbons (Fsp3) is 0.500. The van der Waals surface area contributed by atoms with Crippen LogP contribution < -0.4 is 33.6 Å². The highest BCUT2D eigenvalue weighted by molar-refractivity contribution is 5.91. The molecule has 4 unspecified atom stereocenters. The second kappa shape index (κ2) is 22.9. The predicted molar refractivity (Wildman–Crippen MR) is 225 cm³/mol. The number of carbonyl (C=O) groups excluding carboxylic acids is 8. The lowest BCUT2D eigenvalue weighted by Crippen LogP contribution is -2.50. The second-order valence-corrected chi connectivity index (χ2v) is 15.1. The summed E-state index contributed by atoms with van der Waals surface area (Å²) in [6.45, 7) is 0.177. The molecule has 0 saturated carbocycles. The number of carbonyl (C=O) groups is 8. The molecule has 3 heterocycles. The van der Waals surface area contributed by atoms with Gasteiger partial charge in [-0.05, 0) is 47.9 Å². The summed E-state index contributed by atoms with van der Waals surface area (Å²) in [6, 6.07) is 12.2. The van der Waals surface area contributed by atoms with Crippen LogP contribution in [0, 0.1) is 0 Å². The molecule has 0 radical (unpaired) electrons. The number of nitrogens with two attached hydrogens (primary N) is 4. The highest BCUT2D eigenvalue weighted by atomic mass is 35.5. The molecule has 3 aliphatic rings. The summed E-state index contributed by atoms with van der Waals surface area (Å²) >= 11 is 0. The molecule has 2 aromatic carbocycles. The van der Waals surface area contributed by atoms with Crippen molar-refractivity contribution in [3.05, 3.63) is 70.8 Å². The SMILES string of the molecule is Cl.Cl.NCc1ccc(CCC(=O)N2CC(NC(=O)CN3CCC(=O)N(CC(=O)NC4CC(C(N)=O)N(C(=O)CCc5ccc(CN)cc5)C4)CCC3=O)CC2C(N)=O)cc1. The molecule has 2 aromatic rings. The van der Waals surface area contributed by atoms with Gasteiger partial charge in [0.1, 0.15) is 12.1 Å². The lowest BCUT2D eigenvalue weighted by atomic mass is 10.1. The van der Waals surface area contributed by atoms with E-state index in [9.17, 15) is 38.4 Å². The van der Waals surface area contributed by atoms with Crippen LogP contribution in [-0.4, -0.2) is 130 Å². The standard InChI is InChI=1S/C40H54N10O8.2ClH/c41-19-27-5-1-25(2-6-27)9-11-37(55)49-21-29(17-31(49)39(43)57)45-33(51)23-47-15-13-36(54)48(16-14-35(47)53)24-34(52)46-30-18-32(40(44)58)50(22-30)38(56)12-10-26-3-7-28(20-42)8-4-26;;/h1-8,29-32H,9-24,41-42H2,(H2,43,57)(H2,44,58)(H,45,51)(H,46,52);2*1H. The van der Waals surface area contributed by atoms with Crippen LogP contribution in [0.1, 0.15) is 60.8 Å². The summed E-state index contributed by atoms with van der Waals surface area (Å²) in [5.74, 6) is -3.72. The lowest BCUT2D eigenvalue weighted by Gasteiger charge is -2.30. The molecule has 18 nitrogen and oxygen atoms in total. The first-order chi connectivity index (χ1) is 27.7. The summed E-state index contributed by atoms with van der Waals surface area (Å²) in [5.41, 5.74) is 26.4. The summed E-state index contributed by atoms with van der Waals surface area (Å²) in [5, 5.41) is 5.61. The summed E-state index contributed by atoms with van der Waals surface area (Å²) < 4.78 is 0. The Morgan fingerprint density at radius 1 is 0.567 bits per heavy atom. The third kappa shape index (κ3) is 13.4. The largest absolute Gasteiger partial charge is 0.368 e. The number of nitrogens with one attached hydrogen (secondary N) is 2. The van der Waals surface area contributed by atoms with E-state index in [4.69, 9.17) is 22.9 Å². The average Bonchev–Trinajstić information content (AvgIpc) is 3.84. The van der Waals surface area contributed by atoms with Crippen molar-refractivity contribution in [2.75, 3.05) is 39.3 Å². The number of halogens is 2. The number of hydrogen-bond donors (Lipinski definition) is 6. The number of rotatable bonds is 16. The highest BCUT2D eigenvalue weighted by Crippen LogP contribution is 2.22. The van der Waals surface area contributed by atoms with Crippen LogP contribution in [0.25, 0.3) is 0 Å². The van der Waals surface area contributed by atoms with E-state index in [1.807, 2.05) is 48.5 Å². The normalized spacial score (nSPS) is 20.4. The minimum absolute atomic E-state index is 0. The Hall–Kier alpha value is -5.30. The maximum atomic E-state index is 13.1. The summed E-state index contributed by atoms with van der Waals surface area (Å²) in [4.78, 5) is 109. The van der Waals surface area contributed by atoms with Gasteiger partial charge in [-0.2, -0.15) is 0 Å². The average molecular weight is 876 g/mol. The molecule has 3 fully saturated rings. The van der Waals surface area contributed by atoms with Crippen molar-refractivity contribution in [3.63, 3.8) is 0 Å². The van der Waals surface area contributed by atoms with Crippen molar-refractivity contribution >= 4 is 72.1 Å². The number of primary amides is 2. The maximum absolute atomic E-state index is 13.1. The first-order valence-electron chi connectivity index (χ1n) is 19.6. The maximum Gasteiger partial charge on any atom is 0.240 e. The van der Waals surface area contributed by atoms with Gasteiger partial charge in [-0.25, -0.2) is 0 Å². The Bertz CT molecular complexity index is 1740. The van der Waals surface area contributed by atoms with Gasteiger partial charge < -0.3 is 53.2 Å². The van der Waals surface area contributed by atoms with Gasteiger partial charge in [0, 0.05) is 77.0 Å². The Morgan fingerprint density at radius 3 is 1.22 bits per heavy atom. The lowest BCUT2D eigenvalue weighted by molar-refractivity contribution is -0.143. The fourth-order valence-corrected chi connectivity index (χ4v) is 7.70. The molecule has 5 rings (SSSR count). The Kier molecular flexibility index (Phi) is 18.7. The van der Waals surface area contributed by atoms with Crippen LogP contribution in [0.3, 0.4) is 0 Å². The van der Waals surface area contributed by atoms with E-state index in [2.05, 4.69) is 10.6 Å². The van der Waals surface area contributed by atoms with E-state index in [1.165, 1.54) is 19.6 Å². The predicted octanol–water partition coefficient (Wildman–Crippen LogP) is -1.39. The van der Waals surface area contributed by atoms with E-state index >= 15 is 0 Å². The van der Waals surface area contributed by atoms with Gasteiger partial charge >= 0.3 is 0 Å². The van der Waals surface area contributed by atoms with Gasteiger partial charge in [0.25, 0.3) is 0 Å². The number of aryl methyl sites for hydroxylation is 2. The molecule has 20 heteroatoms. The van der Waals surface area contributed by atoms with E-state index in [0.717, 1.165) is 22.3 Å². The van der Waals surface area contributed by atoms with Gasteiger partial charge in [-0.3, -0.25) is 38.4 Å². The van der Waals surface area contributed by atoms with E-state index in [0.29, 0.717) is 25.9 Å². The van der Waals surface area contributed by atoms with Crippen molar-refractivity contribution in [2.45, 2.75) is 88.6 Å². The summed E-state index contributed by atoms with van der Waals surface area (Å²) in [6.07, 6.45) is 1.17. The van der Waals surface area contributed by atoms with Crippen LogP contribution in [0.15, 0.2) is 48.5 Å². The molecule has 328 valence electrons. The van der Waals surface area contributed by atoms with Gasteiger partial charge in [0.05, 0.1) is 13.1 Å². The molecule has 0 spiro atoms. The Balaban J connectivity index is 0.00000480. The van der Waals surface area contributed by atoms with Crippen molar-refractivity contribution < 1.29 is 38.4 Å². The van der Waals surface area contributed by atoms with Crippen molar-refractivity contribution in [1.29, 1.82) is 0 Å². The topological polar surface area (TPSA) is 278 Å². The van der Waals surface area contributed by atoms with Crippen molar-refractivity contribution in [2.24, 2.45) is 22.9 Å². The smallest absolute Gasteiger partial charge is 0.240 e. The molecule has 0 bridgehead atoms. The molecule has 8 amide bonds. The Labute approximate surface area is 361 Å². The first kappa shape index (κ1) is 49.1. The molecule has 10 N–H and O–H groups in total. The van der Waals surface area contributed by atoms with Gasteiger partial charge in [0.2, 0.25) is 47.3 Å². The molecule has 0 aromatic heterocycles. The zero-order chi connectivity index (χ0) is 41.9. The minimum Gasteiger partial charge on any atom is -0.368 e. The third-order valence-corrected chi connectivity index (χ3v) is 11.0. The van der Waals surface area contributed by atoms with Crippen molar-refractivity contribution in [3.8, 4) is 0 Å². The monoisotopic (exact) mass is 874 g/mol. The van der Waals surface area contributed by atoms with E-state index < -0.39 is 59.6 Å². The number of likely N-dealkylation sites (tertiary alicyclic amines) is 2. The molecular weight excluding hydrogens is 819 g/mol. The Morgan fingerprint density at radius 2 is 0.900 bits per heavy atom. The zero-order valence-corrected chi connectivity index (χ0v) is 35.1. The molecular formula is C40H56Cl2N10O8. The molecule has 60 heavy (non-hydrogen) atoms. The van der Waals surface area contributed by atoms with Crippen molar-refractivity contribution in [1.82, 2.24) is 30.2 Å². The number of benzene rings is 2. The van der Waals surface area contributed by atoms with Crippen LogP contribution >= 0.6 is 24.8 Å². The highest BCUT2D eigenvalue weighted by Gasteiger charge is 2.40. The van der Waals surface area contributed by atoms with E-state index in [1.54, 1.807) is 0 Å². The van der Waals surface area contributed by atoms with Crippen LogP contribution in [0.5, 0.6) is 0 Å². The van der Waals surface area contributed by atoms with Gasteiger partial charge in [0.15, 0.2) is 0 Å². The van der Waals surface area contributed by atoms with Crippen LogP contribution in [0.4, 0.5) is 0 Å². The van der Waals surface area contributed by atoms with Crippen LogP contribution in [0.2, 0.25) is 0 Å². The molecule has 3 saturated heterocycles. The second-order valence-electron chi connectivity index (χ2n) is 15.1. The quantitative estimate of drug-likeness (QED) is 0.115. The molecule has 3 aliphatic heterocycles. The third-order valence-electron chi connectivity index (χ3n) is 11.0. The van der Waals surface area contributed by atoms with E-state index in [-0.39, 0.29) is 114 Å². The zero-order valence-electron chi connectivity index (χ0n) is 33.4.